The molecule has 1 N–H and O–H groups in total. The molecule has 1 aromatic rings. The van der Waals surface area contributed by atoms with Crippen molar-refractivity contribution in [3.63, 3.8) is 0 Å². The molecule has 1 nitrogen and oxygen atoms in total. The standard InChI is InChI=1S/C12H14ClF4N/c1-2-9(13)5-6-18-11-4-3-8(7-10(11)14)12(15,16)17/h3-4,7,9,18H,2,5-6H2,1H3. The SMILES string of the molecule is CCC(Cl)CCNc1ccc(C(F)(F)F)cc1F. The van der Waals surface area contributed by atoms with Gasteiger partial charge in [-0.25, -0.2) is 4.39 Å². The van der Waals surface area contributed by atoms with Crippen LogP contribution >= 0.6 is 11.6 Å². The highest BCUT2D eigenvalue weighted by atomic mass is 35.5. The third-order valence-electron chi connectivity index (χ3n) is 2.51. The quantitative estimate of drug-likeness (QED) is 0.612. The van der Waals surface area contributed by atoms with Gasteiger partial charge in [-0.15, -0.1) is 11.6 Å². The van der Waals surface area contributed by atoms with E-state index in [4.69, 9.17) is 11.6 Å². The molecule has 0 aliphatic rings. The third-order valence-corrected chi connectivity index (χ3v) is 3.04. The summed E-state index contributed by atoms with van der Waals surface area (Å²) in [4.78, 5) is 0. The van der Waals surface area contributed by atoms with E-state index in [9.17, 15) is 17.6 Å². The zero-order chi connectivity index (χ0) is 13.8. The number of hydrogen-bond donors (Lipinski definition) is 1. The Labute approximate surface area is 108 Å². The average molecular weight is 284 g/mol. The molecule has 0 radical (unpaired) electrons. The molecule has 102 valence electrons. The normalized spacial score (nSPS) is 13.4. The highest BCUT2D eigenvalue weighted by Crippen LogP contribution is 2.31. The third kappa shape index (κ3) is 4.37. The van der Waals surface area contributed by atoms with Crippen molar-refractivity contribution in [2.24, 2.45) is 0 Å². The van der Waals surface area contributed by atoms with Crippen molar-refractivity contribution in [2.75, 3.05) is 11.9 Å². The Morgan fingerprint density at radius 1 is 1.33 bits per heavy atom. The first kappa shape index (κ1) is 15.1. The monoisotopic (exact) mass is 283 g/mol. The zero-order valence-electron chi connectivity index (χ0n) is 9.82. The van der Waals surface area contributed by atoms with Gasteiger partial charge in [0, 0.05) is 11.9 Å². The van der Waals surface area contributed by atoms with Crippen LogP contribution in [-0.2, 0) is 6.18 Å². The van der Waals surface area contributed by atoms with Gasteiger partial charge in [-0.2, -0.15) is 13.2 Å². The zero-order valence-corrected chi connectivity index (χ0v) is 10.6. The summed E-state index contributed by atoms with van der Waals surface area (Å²) in [5.74, 6) is -0.910. The fourth-order valence-corrected chi connectivity index (χ4v) is 1.51. The van der Waals surface area contributed by atoms with Crippen molar-refractivity contribution in [3.8, 4) is 0 Å². The largest absolute Gasteiger partial charge is 0.416 e. The predicted octanol–water partition coefficient (Wildman–Crippen LogP) is 4.66. The van der Waals surface area contributed by atoms with Crippen LogP contribution in [0.3, 0.4) is 0 Å². The summed E-state index contributed by atoms with van der Waals surface area (Å²) in [7, 11) is 0. The van der Waals surface area contributed by atoms with Crippen LogP contribution in [0.1, 0.15) is 25.3 Å². The van der Waals surface area contributed by atoms with E-state index in [-0.39, 0.29) is 11.1 Å². The molecule has 1 unspecified atom stereocenters. The maximum atomic E-state index is 13.4. The summed E-state index contributed by atoms with van der Waals surface area (Å²) in [6, 6.07) is 2.43. The molecular weight excluding hydrogens is 270 g/mol. The molecule has 0 saturated heterocycles. The lowest BCUT2D eigenvalue weighted by molar-refractivity contribution is -0.137. The molecule has 0 spiro atoms. The lowest BCUT2D eigenvalue weighted by Crippen LogP contribution is -2.10. The molecule has 0 amide bonds. The van der Waals surface area contributed by atoms with Crippen LogP contribution in [0.2, 0.25) is 0 Å². The second-order valence-corrected chi connectivity index (χ2v) is 4.53. The molecule has 0 heterocycles. The van der Waals surface area contributed by atoms with Crippen LogP contribution in [0.4, 0.5) is 23.2 Å². The first-order valence-electron chi connectivity index (χ1n) is 5.59. The number of alkyl halides is 4. The molecule has 0 bridgehead atoms. The van der Waals surface area contributed by atoms with Gasteiger partial charge in [0.05, 0.1) is 11.3 Å². The Morgan fingerprint density at radius 3 is 2.50 bits per heavy atom. The van der Waals surface area contributed by atoms with E-state index in [2.05, 4.69) is 5.32 Å². The molecule has 6 heteroatoms. The number of rotatable bonds is 5. The number of halogens is 5. The van der Waals surface area contributed by atoms with E-state index in [1.54, 1.807) is 0 Å². The highest BCUT2D eigenvalue weighted by Gasteiger charge is 2.31. The lowest BCUT2D eigenvalue weighted by Gasteiger charge is -2.12. The van der Waals surface area contributed by atoms with E-state index < -0.39 is 17.6 Å². The van der Waals surface area contributed by atoms with Crippen molar-refractivity contribution in [1.29, 1.82) is 0 Å². The molecule has 1 aromatic carbocycles. The fourth-order valence-electron chi connectivity index (χ4n) is 1.40. The van der Waals surface area contributed by atoms with E-state index in [0.717, 1.165) is 18.6 Å². The minimum absolute atomic E-state index is 0.0185. The maximum absolute atomic E-state index is 13.4. The second kappa shape index (κ2) is 6.27. The van der Waals surface area contributed by atoms with Gasteiger partial charge in [0.1, 0.15) is 5.82 Å². The first-order chi connectivity index (χ1) is 8.34. The van der Waals surface area contributed by atoms with E-state index in [1.165, 1.54) is 0 Å². The summed E-state index contributed by atoms with van der Waals surface area (Å²) in [5, 5.41) is 2.71. The Morgan fingerprint density at radius 2 is 2.00 bits per heavy atom. The van der Waals surface area contributed by atoms with E-state index in [0.29, 0.717) is 19.0 Å². The molecule has 1 atom stereocenters. The van der Waals surface area contributed by atoms with Gasteiger partial charge < -0.3 is 5.32 Å². The summed E-state index contributed by atoms with van der Waals surface area (Å²) in [6.45, 7) is 2.35. The molecule has 0 aliphatic carbocycles. The van der Waals surface area contributed by atoms with Gasteiger partial charge in [-0.1, -0.05) is 6.92 Å². The Hall–Kier alpha value is -0.970. The fraction of sp³-hybridized carbons (Fsp3) is 0.500. The molecule has 1 rings (SSSR count). The van der Waals surface area contributed by atoms with Gasteiger partial charge >= 0.3 is 6.18 Å². The van der Waals surface area contributed by atoms with E-state index in [1.807, 2.05) is 6.92 Å². The summed E-state index contributed by atoms with van der Waals surface area (Å²) in [5.41, 5.74) is -0.933. The average Bonchev–Trinajstić information content (AvgIpc) is 2.29. The maximum Gasteiger partial charge on any atom is 0.416 e. The van der Waals surface area contributed by atoms with Crippen molar-refractivity contribution in [1.82, 2.24) is 0 Å². The lowest BCUT2D eigenvalue weighted by atomic mass is 10.2. The minimum atomic E-state index is -4.52. The van der Waals surface area contributed by atoms with Gasteiger partial charge in [0.25, 0.3) is 0 Å². The predicted molar refractivity (Wildman–Crippen MR) is 64.4 cm³/mol. The molecular formula is C12H14ClF4N. The van der Waals surface area contributed by atoms with Crippen LogP contribution in [-0.4, -0.2) is 11.9 Å². The van der Waals surface area contributed by atoms with Crippen molar-refractivity contribution in [2.45, 2.75) is 31.3 Å². The smallest absolute Gasteiger partial charge is 0.383 e. The van der Waals surface area contributed by atoms with Crippen LogP contribution in [0, 0.1) is 5.82 Å². The topological polar surface area (TPSA) is 12.0 Å². The Kier molecular flexibility index (Phi) is 5.26. The molecule has 18 heavy (non-hydrogen) atoms. The highest BCUT2D eigenvalue weighted by molar-refractivity contribution is 6.20. The van der Waals surface area contributed by atoms with Gasteiger partial charge in [0.2, 0.25) is 0 Å². The minimum Gasteiger partial charge on any atom is -0.383 e. The van der Waals surface area contributed by atoms with Crippen molar-refractivity contribution >= 4 is 17.3 Å². The van der Waals surface area contributed by atoms with Crippen LogP contribution in [0.5, 0.6) is 0 Å². The van der Waals surface area contributed by atoms with Crippen LogP contribution < -0.4 is 5.32 Å². The molecule has 0 aliphatic heterocycles. The number of benzene rings is 1. The van der Waals surface area contributed by atoms with Crippen LogP contribution in [0.15, 0.2) is 18.2 Å². The molecule has 0 fully saturated rings. The van der Waals surface area contributed by atoms with Gasteiger partial charge in [0.15, 0.2) is 0 Å². The molecule has 0 saturated carbocycles. The van der Waals surface area contributed by atoms with Gasteiger partial charge in [-0.3, -0.25) is 0 Å². The molecule has 0 aromatic heterocycles. The Balaban J connectivity index is 2.63. The van der Waals surface area contributed by atoms with Gasteiger partial charge in [-0.05, 0) is 31.0 Å². The van der Waals surface area contributed by atoms with Crippen molar-refractivity contribution < 1.29 is 17.6 Å². The second-order valence-electron chi connectivity index (χ2n) is 3.91. The summed E-state index contributed by atoms with van der Waals surface area (Å²) < 4.78 is 50.3. The number of nitrogens with one attached hydrogen (secondary N) is 1. The summed E-state index contributed by atoms with van der Waals surface area (Å²) in [6.07, 6.45) is -3.11. The first-order valence-corrected chi connectivity index (χ1v) is 6.03. The van der Waals surface area contributed by atoms with Crippen molar-refractivity contribution in [3.05, 3.63) is 29.6 Å². The summed E-state index contributed by atoms with van der Waals surface area (Å²) >= 11 is 5.87. The number of hydrogen-bond acceptors (Lipinski definition) is 1. The van der Waals surface area contributed by atoms with E-state index >= 15 is 0 Å². The van der Waals surface area contributed by atoms with Crippen LogP contribution in [0.25, 0.3) is 0 Å². The Bertz CT molecular complexity index is 392. The number of anilines is 1.